The summed E-state index contributed by atoms with van der Waals surface area (Å²) in [5.74, 6) is 0.696. The molecule has 0 N–H and O–H groups in total. The van der Waals surface area contributed by atoms with E-state index in [0.29, 0.717) is 37.5 Å². The molecular formula is C25H31N3O2. The highest BCUT2D eigenvalue weighted by Gasteiger charge is 2.28. The summed E-state index contributed by atoms with van der Waals surface area (Å²) in [6.07, 6.45) is 1.43. The first kappa shape index (κ1) is 20.6. The Kier molecular flexibility index (Phi) is 6.18. The standard InChI is InChI=1S/C25H31N3O2/c1-19(2)21-11-9-20(10-12-21)18-26-14-16-27(17-15-26)25(30)22-6-3-4-7-23(22)28-13-5-8-24(28)29/h3-4,6-7,9-12,19H,5,8,13-18H2,1-2H3. The third kappa shape index (κ3) is 4.41. The van der Waals surface area contributed by atoms with Crippen molar-refractivity contribution in [2.75, 3.05) is 37.6 Å². The highest BCUT2D eigenvalue weighted by molar-refractivity contribution is 6.05. The van der Waals surface area contributed by atoms with Gasteiger partial charge in [0, 0.05) is 45.7 Å². The van der Waals surface area contributed by atoms with Gasteiger partial charge in [-0.1, -0.05) is 50.2 Å². The predicted octanol–water partition coefficient (Wildman–Crippen LogP) is 3.89. The molecule has 2 heterocycles. The van der Waals surface area contributed by atoms with Gasteiger partial charge in [0.25, 0.3) is 5.91 Å². The number of rotatable bonds is 5. The summed E-state index contributed by atoms with van der Waals surface area (Å²) >= 11 is 0. The molecule has 0 saturated carbocycles. The minimum atomic E-state index is 0.0336. The maximum absolute atomic E-state index is 13.2. The quantitative estimate of drug-likeness (QED) is 0.758. The van der Waals surface area contributed by atoms with Gasteiger partial charge in [-0.3, -0.25) is 14.5 Å². The summed E-state index contributed by atoms with van der Waals surface area (Å²) in [5, 5.41) is 0. The van der Waals surface area contributed by atoms with E-state index in [9.17, 15) is 9.59 Å². The van der Waals surface area contributed by atoms with Crippen molar-refractivity contribution in [1.82, 2.24) is 9.80 Å². The highest BCUT2D eigenvalue weighted by Crippen LogP contribution is 2.27. The number of nitrogens with zero attached hydrogens (tertiary/aromatic N) is 3. The minimum absolute atomic E-state index is 0.0336. The van der Waals surface area contributed by atoms with Crippen molar-refractivity contribution in [3.8, 4) is 0 Å². The number of hydrogen-bond acceptors (Lipinski definition) is 3. The Balaban J connectivity index is 1.37. The second-order valence-corrected chi connectivity index (χ2v) is 8.63. The molecule has 2 aliphatic heterocycles. The van der Waals surface area contributed by atoms with E-state index in [-0.39, 0.29) is 11.8 Å². The van der Waals surface area contributed by atoms with Crippen LogP contribution in [0.15, 0.2) is 48.5 Å². The molecule has 2 fully saturated rings. The Morgan fingerprint density at radius 3 is 2.27 bits per heavy atom. The molecule has 4 rings (SSSR count). The maximum atomic E-state index is 13.2. The van der Waals surface area contributed by atoms with Gasteiger partial charge in [0.05, 0.1) is 11.3 Å². The molecule has 5 heteroatoms. The molecule has 2 saturated heterocycles. The molecular weight excluding hydrogens is 374 g/mol. The fourth-order valence-corrected chi connectivity index (χ4v) is 4.34. The number of benzene rings is 2. The van der Waals surface area contributed by atoms with Crippen molar-refractivity contribution in [3.63, 3.8) is 0 Å². The zero-order chi connectivity index (χ0) is 21.1. The third-order valence-corrected chi connectivity index (χ3v) is 6.21. The van der Waals surface area contributed by atoms with Crippen LogP contribution in [0, 0.1) is 0 Å². The monoisotopic (exact) mass is 405 g/mol. The molecule has 0 aliphatic carbocycles. The molecule has 30 heavy (non-hydrogen) atoms. The Labute approximate surface area is 179 Å². The van der Waals surface area contributed by atoms with Gasteiger partial charge in [-0.15, -0.1) is 0 Å². The summed E-state index contributed by atoms with van der Waals surface area (Å²) in [7, 11) is 0. The first-order valence-corrected chi connectivity index (χ1v) is 11.0. The summed E-state index contributed by atoms with van der Waals surface area (Å²) in [6.45, 7) is 9.19. The second kappa shape index (κ2) is 9.00. The van der Waals surface area contributed by atoms with Crippen molar-refractivity contribution in [2.45, 2.75) is 39.2 Å². The van der Waals surface area contributed by atoms with Crippen LogP contribution < -0.4 is 4.90 Å². The van der Waals surface area contributed by atoms with Crippen LogP contribution in [0.5, 0.6) is 0 Å². The van der Waals surface area contributed by atoms with E-state index in [1.807, 2.05) is 29.2 Å². The van der Waals surface area contributed by atoms with E-state index in [4.69, 9.17) is 0 Å². The molecule has 0 atom stereocenters. The molecule has 2 aromatic carbocycles. The van der Waals surface area contributed by atoms with Crippen LogP contribution >= 0.6 is 0 Å². The van der Waals surface area contributed by atoms with E-state index >= 15 is 0 Å². The number of para-hydroxylation sites is 1. The Morgan fingerprint density at radius 2 is 1.63 bits per heavy atom. The topological polar surface area (TPSA) is 43.9 Å². The van der Waals surface area contributed by atoms with Gasteiger partial charge < -0.3 is 9.80 Å². The van der Waals surface area contributed by atoms with Crippen LogP contribution in [0.25, 0.3) is 0 Å². The molecule has 0 spiro atoms. The van der Waals surface area contributed by atoms with Gasteiger partial charge >= 0.3 is 0 Å². The van der Waals surface area contributed by atoms with Crippen molar-refractivity contribution in [2.24, 2.45) is 0 Å². The van der Waals surface area contributed by atoms with Crippen molar-refractivity contribution >= 4 is 17.5 Å². The van der Waals surface area contributed by atoms with Crippen molar-refractivity contribution in [3.05, 3.63) is 65.2 Å². The average Bonchev–Trinajstić information content (AvgIpc) is 3.20. The van der Waals surface area contributed by atoms with Crippen LogP contribution in [-0.4, -0.2) is 54.3 Å². The number of piperazine rings is 1. The van der Waals surface area contributed by atoms with E-state index in [1.165, 1.54) is 11.1 Å². The lowest BCUT2D eigenvalue weighted by atomic mass is 10.0. The lowest BCUT2D eigenvalue weighted by Gasteiger charge is -2.35. The summed E-state index contributed by atoms with van der Waals surface area (Å²) in [6, 6.07) is 16.4. The van der Waals surface area contributed by atoms with Gasteiger partial charge in [-0.2, -0.15) is 0 Å². The van der Waals surface area contributed by atoms with Gasteiger partial charge in [0.1, 0.15) is 0 Å². The fraction of sp³-hybridized carbons (Fsp3) is 0.440. The largest absolute Gasteiger partial charge is 0.336 e. The van der Waals surface area contributed by atoms with Crippen LogP contribution in [0.2, 0.25) is 0 Å². The summed E-state index contributed by atoms with van der Waals surface area (Å²) in [5.41, 5.74) is 4.09. The molecule has 158 valence electrons. The fourth-order valence-electron chi connectivity index (χ4n) is 4.34. The van der Waals surface area contributed by atoms with Crippen LogP contribution in [0.4, 0.5) is 5.69 Å². The normalized spacial score (nSPS) is 17.8. The van der Waals surface area contributed by atoms with E-state index in [1.54, 1.807) is 4.90 Å². The zero-order valence-corrected chi connectivity index (χ0v) is 18.0. The van der Waals surface area contributed by atoms with Crippen LogP contribution in [-0.2, 0) is 11.3 Å². The van der Waals surface area contributed by atoms with Crippen LogP contribution in [0.3, 0.4) is 0 Å². The maximum Gasteiger partial charge on any atom is 0.256 e. The highest BCUT2D eigenvalue weighted by atomic mass is 16.2. The number of carbonyl (C=O) groups is 2. The molecule has 2 amide bonds. The number of carbonyl (C=O) groups excluding carboxylic acids is 2. The number of anilines is 1. The van der Waals surface area contributed by atoms with Gasteiger partial charge in [0.2, 0.25) is 5.91 Å². The first-order chi connectivity index (χ1) is 14.5. The van der Waals surface area contributed by atoms with Crippen molar-refractivity contribution < 1.29 is 9.59 Å². The smallest absolute Gasteiger partial charge is 0.256 e. The Hall–Kier alpha value is -2.66. The minimum Gasteiger partial charge on any atom is -0.336 e. The first-order valence-electron chi connectivity index (χ1n) is 11.0. The van der Waals surface area contributed by atoms with E-state index < -0.39 is 0 Å². The second-order valence-electron chi connectivity index (χ2n) is 8.63. The van der Waals surface area contributed by atoms with E-state index in [0.717, 1.165) is 31.7 Å². The van der Waals surface area contributed by atoms with Crippen molar-refractivity contribution in [1.29, 1.82) is 0 Å². The van der Waals surface area contributed by atoms with E-state index in [2.05, 4.69) is 43.0 Å². The summed E-state index contributed by atoms with van der Waals surface area (Å²) < 4.78 is 0. The number of hydrogen-bond donors (Lipinski definition) is 0. The van der Waals surface area contributed by atoms with Crippen LogP contribution in [0.1, 0.15) is 54.1 Å². The zero-order valence-electron chi connectivity index (χ0n) is 18.0. The molecule has 0 radical (unpaired) electrons. The third-order valence-electron chi connectivity index (χ3n) is 6.21. The molecule has 0 aromatic heterocycles. The lowest BCUT2D eigenvalue weighted by molar-refractivity contribution is -0.117. The molecule has 0 unspecified atom stereocenters. The Morgan fingerprint density at radius 1 is 0.933 bits per heavy atom. The SMILES string of the molecule is CC(C)c1ccc(CN2CCN(C(=O)c3ccccc3N3CCCC3=O)CC2)cc1. The van der Waals surface area contributed by atoms with Gasteiger partial charge in [0.15, 0.2) is 0 Å². The predicted molar refractivity (Wildman–Crippen MR) is 120 cm³/mol. The molecule has 2 aromatic rings. The molecule has 5 nitrogen and oxygen atoms in total. The molecule has 2 aliphatic rings. The average molecular weight is 406 g/mol. The molecule has 0 bridgehead atoms. The number of amides is 2. The van der Waals surface area contributed by atoms with Gasteiger partial charge in [-0.25, -0.2) is 0 Å². The lowest BCUT2D eigenvalue weighted by Crippen LogP contribution is -2.48. The summed E-state index contributed by atoms with van der Waals surface area (Å²) in [4.78, 5) is 31.5. The van der Waals surface area contributed by atoms with Gasteiger partial charge in [-0.05, 0) is 35.6 Å². The Bertz CT molecular complexity index is 899.